The lowest BCUT2D eigenvalue weighted by atomic mass is 10.1. The number of nitrogen functional groups attached to an aromatic ring is 1. The number of aromatic nitrogens is 3. The molecule has 0 aliphatic heterocycles. The van der Waals surface area contributed by atoms with E-state index in [-0.39, 0.29) is 28.8 Å². The van der Waals surface area contributed by atoms with Crippen LogP contribution in [0.5, 0.6) is 0 Å². The number of thiazole rings is 2. The standard InChI is InChI=1S/C17H13ClF3N5O2S2/c1-7(2-10(27)11-5-25-16(22)30-11)15-24-6-12(29-15)14(28)26-13-3-8(17(19,20)21)9(18)4-23-13/h3-7H,2H2,1H3,(H2,22,25)(H,23,26,28)/t7-/m0/s1. The number of pyridine rings is 1. The van der Waals surface area contributed by atoms with Gasteiger partial charge in [0, 0.05) is 18.5 Å². The van der Waals surface area contributed by atoms with Gasteiger partial charge in [-0.1, -0.05) is 29.9 Å². The molecule has 3 aromatic heterocycles. The molecule has 13 heteroatoms. The maximum atomic E-state index is 12.9. The molecular formula is C17H13ClF3N5O2S2. The summed E-state index contributed by atoms with van der Waals surface area (Å²) in [4.78, 5) is 36.9. The highest BCUT2D eigenvalue weighted by atomic mass is 35.5. The van der Waals surface area contributed by atoms with Crippen molar-refractivity contribution < 1.29 is 22.8 Å². The summed E-state index contributed by atoms with van der Waals surface area (Å²) in [6.45, 7) is 1.78. The Labute approximate surface area is 181 Å². The first-order valence-electron chi connectivity index (χ1n) is 8.29. The van der Waals surface area contributed by atoms with Crippen LogP contribution in [0.25, 0.3) is 0 Å². The summed E-state index contributed by atoms with van der Waals surface area (Å²) >= 11 is 7.64. The average molecular weight is 476 g/mol. The molecule has 7 nitrogen and oxygen atoms in total. The Bertz CT molecular complexity index is 1100. The highest BCUT2D eigenvalue weighted by molar-refractivity contribution is 7.17. The summed E-state index contributed by atoms with van der Waals surface area (Å²) in [5, 5.41) is 2.55. The predicted octanol–water partition coefficient (Wildman–Crippen LogP) is 4.88. The zero-order chi connectivity index (χ0) is 22.1. The molecule has 3 aromatic rings. The number of carbonyl (C=O) groups is 2. The lowest BCUT2D eigenvalue weighted by Crippen LogP contribution is -2.13. The third-order valence-electron chi connectivity index (χ3n) is 3.86. The number of Topliss-reactive ketones (excluding diaryl/α,β-unsaturated/α-hetero) is 1. The lowest BCUT2D eigenvalue weighted by Gasteiger charge is -2.10. The number of hydrogen-bond acceptors (Lipinski definition) is 8. The zero-order valence-corrected chi connectivity index (χ0v) is 17.5. The Morgan fingerprint density at radius 3 is 2.50 bits per heavy atom. The van der Waals surface area contributed by atoms with Crippen LogP contribution in [-0.4, -0.2) is 26.6 Å². The van der Waals surface area contributed by atoms with E-state index in [0.29, 0.717) is 21.1 Å². The summed E-state index contributed by atoms with van der Waals surface area (Å²) < 4.78 is 38.8. The van der Waals surface area contributed by atoms with Crippen molar-refractivity contribution in [1.82, 2.24) is 15.0 Å². The fraction of sp³-hybridized carbons (Fsp3) is 0.235. The number of carbonyl (C=O) groups excluding carboxylic acids is 2. The largest absolute Gasteiger partial charge is 0.418 e. The maximum Gasteiger partial charge on any atom is 0.418 e. The minimum Gasteiger partial charge on any atom is -0.375 e. The molecule has 3 N–H and O–H groups in total. The lowest BCUT2D eigenvalue weighted by molar-refractivity contribution is -0.137. The number of amides is 1. The second-order valence-corrected chi connectivity index (χ2v) is 8.69. The molecule has 3 rings (SSSR count). The van der Waals surface area contributed by atoms with Gasteiger partial charge in [-0.05, 0) is 6.07 Å². The Morgan fingerprint density at radius 2 is 1.87 bits per heavy atom. The van der Waals surface area contributed by atoms with Crippen LogP contribution in [0, 0.1) is 0 Å². The van der Waals surface area contributed by atoms with E-state index in [1.807, 2.05) is 0 Å². The van der Waals surface area contributed by atoms with Gasteiger partial charge in [-0.3, -0.25) is 9.59 Å². The molecular weight excluding hydrogens is 463 g/mol. The fourth-order valence-corrected chi connectivity index (χ4v) is 4.11. The number of alkyl halides is 3. The zero-order valence-electron chi connectivity index (χ0n) is 15.2. The van der Waals surface area contributed by atoms with E-state index in [4.69, 9.17) is 17.3 Å². The Morgan fingerprint density at radius 1 is 1.17 bits per heavy atom. The monoisotopic (exact) mass is 475 g/mol. The molecule has 0 fully saturated rings. The smallest absolute Gasteiger partial charge is 0.375 e. The topological polar surface area (TPSA) is 111 Å². The van der Waals surface area contributed by atoms with Crippen molar-refractivity contribution in [2.75, 3.05) is 11.1 Å². The molecule has 0 unspecified atom stereocenters. The molecule has 1 atom stereocenters. The molecule has 0 radical (unpaired) electrons. The minimum atomic E-state index is -4.68. The van der Waals surface area contributed by atoms with Crippen LogP contribution in [0.15, 0.2) is 24.7 Å². The van der Waals surface area contributed by atoms with Gasteiger partial charge < -0.3 is 11.1 Å². The number of hydrogen-bond donors (Lipinski definition) is 2. The SMILES string of the molecule is C[C@@H](CC(=O)c1cnc(N)s1)c1ncc(C(=O)Nc2cc(C(F)(F)F)c(Cl)cn2)s1. The summed E-state index contributed by atoms with van der Waals surface area (Å²) in [5.74, 6) is -1.39. The van der Waals surface area contributed by atoms with Crippen LogP contribution < -0.4 is 11.1 Å². The molecule has 3 heterocycles. The fourth-order valence-electron chi connectivity index (χ4n) is 2.41. The van der Waals surface area contributed by atoms with Crippen molar-refractivity contribution in [3.8, 4) is 0 Å². The number of halogens is 4. The molecule has 0 aromatic carbocycles. The molecule has 0 spiro atoms. The van der Waals surface area contributed by atoms with Crippen LogP contribution in [0.2, 0.25) is 5.02 Å². The van der Waals surface area contributed by atoms with E-state index in [1.54, 1.807) is 6.92 Å². The summed E-state index contributed by atoms with van der Waals surface area (Å²) in [7, 11) is 0. The van der Waals surface area contributed by atoms with E-state index < -0.39 is 22.7 Å². The van der Waals surface area contributed by atoms with Crippen LogP contribution in [0.3, 0.4) is 0 Å². The number of nitrogens with one attached hydrogen (secondary N) is 1. The molecule has 0 bridgehead atoms. The first-order chi connectivity index (χ1) is 14.0. The quantitative estimate of drug-likeness (QED) is 0.491. The van der Waals surface area contributed by atoms with Gasteiger partial charge in [-0.25, -0.2) is 15.0 Å². The molecule has 0 aliphatic carbocycles. The third-order valence-corrected chi connectivity index (χ3v) is 6.26. The Balaban J connectivity index is 1.68. The van der Waals surface area contributed by atoms with Crippen molar-refractivity contribution >= 4 is 56.9 Å². The predicted molar refractivity (Wildman–Crippen MR) is 108 cm³/mol. The molecule has 0 saturated carbocycles. The number of anilines is 2. The molecule has 30 heavy (non-hydrogen) atoms. The van der Waals surface area contributed by atoms with E-state index >= 15 is 0 Å². The molecule has 0 saturated heterocycles. The minimum absolute atomic E-state index is 0.143. The van der Waals surface area contributed by atoms with Crippen molar-refractivity contribution in [1.29, 1.82) is 0 Å². The molecule has 158 valence electrons. The number of rotatable bonds is 6. The van der Waals surface area contributed by atoms with E-state index in [1.165, 1.54) is 12.4 Å². The van der Waals surface area contributed by atoms with Gasteiger partial charge in [0.05, 0.1) is 32.9 Å². The van der Waals surface area contributed by atoms with Crippen molar-refractivity contribution in [2.45, 2.75) is 25.4 Å². The normalized spacial score (nSPS) is 12.6. The van der Waals surface area contributed by atoms with E-state index in [0.717, 1.165) is 28.9 Å². The summed E-state index contributed by atoms with van der Waals surface area (Å²) in [5.41, 5.74) is 4.42. The van der Waals surface area contributed by atoms with E-state index in [2.05, 4.69) is 20.3 Å². The third kappa shape index (κ3) is 5.12. The van der Waals surface area contributed by atoms with Gasteiger partial charge in [-0.2, -0.15) is 13.2 Å². The average Bonchev–Trinajstić information content (AvgIpc) is 3.31. The molecule has 0 aliphatic rings. The number of ketones is 1. The van der Waals surface area contributed by atoms with Gasteiger partial charge in [0.25, 0.3) is 5.91 Å². The van der Waals surface area contributed by atoms with Crippen LogP contribution >= 0.6 is 34.3 Å². The second-order valence-electron chi connectivity index (χ2n) is 6.16. The number of nitrogens with two attached hydrogens (primary N) is 1. The van der Waals surface area contributed by atoms with Gasteiger partial charge >= 0.3 is 6.18 Å². The molecule has 1 amide bonds. The van der Waals surface area contributed by atoms with Crippen molar-refractivity contribution in [2.24, 2.45) is 0 Å². The highest BCUT2D eigenvalue weighted by Crippen LogP contribution is 2.35. The van der Waals surface area contributed by atoms with E-state index in [9.17, 15) is 22.8 Å². The van der Waals surface area contributed by atoms with Crippen molar-refractivity contribution in [3.05, 3.63) is 50.0 Å². The first-order valence-corrected chi connectivity index (χ1v) is 10.3. The highest BCUT2D eigenvalue weighted by Gasteiger charge is 2.34. The number of nitrogens with zero attached hydrogens (tertiary/aromatic N) is 3. The van der Waals surface area contributed by atoms with Gasteiger partial charge in [0.15, 0.2) is 10.9 Å². The van der Waals surface area contributed by atoms with Crippen molar-refractivity contribution in [3.63, 3.8) is 0 Å². The van der Waals surface area contributed by atoms with Gasteiger partial charge in [0.1, 0.15) is 10.7 Å². The Hall–Kier alpha value is -2.57. The Kier molecular flexibility index (Phi) is 6.38. The summed E-state index contributed by atoms with van der Waals surface area (Å²) in [6, 6.07) is 0.657. The van der Waals surface area contributed by atoms with Gasteiger partial charge in [-0.15, -0.1) is 11.3 Å². The first kappa shape index (κ1) is 22.1. The maximum absolute atomic E-state index is 12.9. The van der Waals surface area contributed by atoms with Crippen LogP contribution in [0.1, 0.15) is 49.2 Å². The van der Waals surface area contributed by atoms with Crippen LogP contribution in [-0.2, 0) is 6.18 Å². The van der Waals surface area contributed by atoms with Gasteiger partial charge in [0.2, 0.25) is 0 Å². The van der Waals surface area contributed by atoms with Crippen LogP contribution in [0.4, 0.5) is 24.1 Å². The second kappa shape index (κ2) is 8.66. The summed E-state index contributed by atoms with van der Waals surface area (Å²) in [6.07, 6.45) is -1.02.